The van der Waals surface area contributed by atoms with E-state index < -0.39 is 0 Å². The van der Waals surface area contributed by atoms with Crippen molar-refractivity contribution in [3.8, 4) is 11.1 Å². The first-order valence-corrected chi connectivity index (χ1v) is 6.33. The van der Waals surface area contributed by atoms with Gasteiger partial charge in [-0.1, -0.05) is 31.2 Å². The minimum absolute atomic E-state index is 1.02. The van der Waals surface area contributed by atoms with Crippen LogP contribution in [0.5, 0.6) is 0 Å². The van der Waals surface area contributed by atoms with Crippen LogP contribution in [-0.4, -0.2) is 4.98 Å². The lowest BCUT2D eigenvalue weighted by Gasteiger charge is -2.11. The molecule has 0 unspecified atom stereocenters. The third-order valence-electron chi connectivity index (χ3n) is 3.30. The van der Waals surface area contributed by atoms with E-state index in [1.165, 1.54) is 27.8 Å². The van der Waals surface area contributed by atoms with Crippen molar-refractivity contribution in [3.05, 3.63) is 59.9 Å². The van der Waals surface area contributed by atoms with Crippen LogP contribution in [0.2, 0.25) is 0 Å². The predicted molar refractivity (Wildman–Crippen MR) is 78.5 cm³/mol. The van der Waals surface area contributed by atoms with Crippen LogP contribution < -0.4 is 0 Å². The topological polar surface area (TPSA) is 12.9 Å². The van der Waals surface area contributed by atoms with Crippen LogP contribution in [-0.2, 0) is 6.42 Å². The molecule has 0 radical (unpaired) electrons. The molecule has 0 atom stereocenters. The molecule has 1 nitrogen and oxygen atoms in total. The van der Waals surface area contributed by atoms with Crippen LogP contribution in [0.3, 0.4) is 0 Å². The molecule has 2 rings (SSSR count). The molecule has 0 fully saturated rings. The average molecular weight is 237 g/mol. The van der Waals surface area contributed by atoms with Crippen molar-refractivity contribution in [3.63, 3.8) is 0 Å². The molecule has 0 amide bonds. The molecule has 92 valence electrons. The SMILES string of the molecule is C=C(C)c1cc(-c2cnccc2CC)ccc1C. The molecule has 18 heavy (non-hydrogen) atoms. The number of rotatable bonds is 3. The first-order valence-electron chi connectivity index (χ1n) is 6.33. The summed E-state index contributed by atoms with van der Waals surface area (Å²) < 4.78 is 0. The van der Waals surface area contributed by atoms with Gasteiger partial charge in [0, 0.05) is 18.0 Å². The Balaban J connectivity index is 2.58. The minimum Gasteiger partial charge on any atom is -0.264 e. The van der Waals surface area contributed by atoms with Crippen molar-refractivity contribution in [1.82, 2.24) is 4.98 Å². The lowest BCUT2D eigenvalue weighted by molar-refractivity contribution is 1.12. The molecule has 1 aromatic carbocycles. The Hall–Kier alpha value is -1.89. The molecule has 1 heterocycles. The fraction of sp³-hybridized carbons (Fsp3) is 0.235. The highest BCUT2D eigenvalue weighted by molar-refractivity contribution is 5.74. The van der Waals surface area contributed by atoms with E-state index in [1.54, 1.807) is 0 Å². The Bertz CT molecular complexity index is 582. The summed E-state index contributed by atoms with van der Waals surface area (Å²) in [4.78, 5) is 4.24. The molecule has 0 aliphatic rings. The molecule has 0 saturated heterocycles. The largest absolute Gasteiger partial charge is 0.264 e. The summed E-state index contributed by atoms with van der Waals surface area (Å²) in [6.07, 6.45) is 4.83. The summed E-state index contributed by atoms with van der Waals surface area (Å²) in [7, 11) is 0. The smallest absolute Gasteiger partial charge is 0.0349 e. The molecule has 0 bridgehead atoms. The van der Waals surface area contributed by atoms with Crippen LogP contribution >= 0.6 is 0 Å². The highest BCUT2D eigenvalue weighted by Gasteiger charge is 2.06. The zero-order valence-electron chi connectivity index (χ0n) is 11.3. The maximum Gasteiger partial charge on any atom is 0.0349 e. The van der Waals surface area contributed by atoms with Gasteiger partial charge in [0.15, 0.2) is 0 Å². The number of allylic oxidation sites excluding steroid dienone is 1. The normalized spacial score (nSPS) is 10.4. The molecule has 0 saturated carbocycles. The van der Waals surface area contributed by atoms with Gasteiger partial charge in [-0.15, -0.1) is 0 Å². The Kier molecular flexibility index (Phi) is 3.61. The van der Waals surface area contributed by atoms with Gasteiger partial charge in [-0.25, -0.2) is 0 Å². The highest BCUT2D eigenvalue weighted by Crippen LogP contribution is 2.27. The van der Waals surface area contributed by atoms with Crippen molar-refractivity contribution in [1.29, 1.82) is 0 Å². The van der Waals surface area contributed by atoms with Crippen molar-refractivity contribution >= 4 is 5.57 Å². The Morgan fingerprint density at radius 3 is 2.72 bits per heavy atom. The number of pyridine rings is 1. The molecule has 2 aromatic rings. The van der Waals surface area contributed by atoms with E-state index in [-0.39, 0.29) is 0 Å². The van der Waals surface area contributed by atoms with Gasteiger partial charge in [-0.3, -0.25) is 4.98 Å². The van der Waals surface area contributed by atoms with E-state index in [9.17, 15) is 0 Å². The number of hydrogen-bond acceptors (Lipinski definition) is 1. The second-order valence-corrected chi connectivity index (χ2v) is 4.70. The monoisotopic (exact) mass is 237 g/mol. The first kappa shape index (κ1) is 12.6. The number of aryl methyl sites for hydroxylation is 2. The van der Waals surface area contributed by atoms with Crippen LogP contribution in [0, 0.1) is 6.92 Å². The Labute approximate surface area is 109 Å². The zero-order chi connectivity index (χ0) is 13.1. The summed E-state index contributed by atoms with van der Waals surface area (Å²) in [6.45, 7) is 10.4. The molecule has 1 aromatic heterocycles. The summed E-state index contributed by atoms with van der Waals surface area (Å²) >= 11 is 0. The number of aromatic nitrogens is 1. The molecule has 0 aliphatic heterocycles. The molecular formula is C17H19N. The van der Waals surface area contributed by atoms with E-state index in [2.05, 4.69) is 56.6 Å². The standard InChI is InChI=1S/C17H19N/c1-5-14-8-9-18-11-17(14)15-7-6-13(4)16(10-15)12(2)3/h6-11H,2,5H2,1,3-4H3. The van der Waals surface area contributed by atoms with E-state index in [0.29, 0.717) is 0 Å². The molecule has 1 heteroatoms. The van der Waals surface area contributed by atoms with E-state index in [0.717, 1.165) is 12.0 Å². The van der Waals surface area contributed by atoms with Crippen LogP contribution in [0.15, 0.2) is 43.2 Å². The fourth-order valence-corrected chi connectivity index (χ4v) is 2.24. The highest BCUT2D eigenvalue weighted by atomic mass is 14.6. The van der Waals surface area contributed by atoms with Gasteiger partial charge in [0.1, 0.15) is 0 Å². The predicted octanol–water partition coefficient (Wildman–Crippen LogP) is 4.65. The molecular weight excluding hydrogens is 218 g/mol. The summed E-state index contributed by atoms with van der Waals surface area (Å²) in [5, 5.41) is 0. The van der Waals surface area contributed by atoms with E-state index in [1.807, 2.05) is 12.4 Å². The third-order valence-corrected chi connectivity index (χ3v) is 3.30. The van der Waals surface area contributed by atoms with Gasteiger partial charge in [-0.2, -0.15) is 0 Å². The van der Waals surface area contributed by atoms with Gasteiger partial charge in [0.05, 0.1) is 0 Å². The van der Waals surface area contributed by atoms with Gasteiger partial charge < -0.3 is 0 Å². The molecule has 0 spiro atoms. The number of benzene rings is 1. The summed E-state index contributed by atoms with van der Waals surface area (Å²) in [5.41, 5.74) is 7.40. The van der Waals surface area contributed by atoms with E-state index in [4.69, 9.17) is 0 Å². The van der Waals surface area contributed by atoms with Gasteiger partial charge in [-0.05, 0) is 54.7 Å². The molecule has 0 N–H and O–H groups in total. The van der Waals surface area contributed by atoms with Gasteiger partial charge >= 0.3 is 0 Å². The van der Waals surface area contributed by atoms with Crippen molar-refractivity contribution < 1.29 is 0 Å². The maximum absolute atomic E-state index is 4.24. The fourth-order valence-electron chi connectivity index (χ4n) is 2.24. The van der Waals surface area contributed by atoms with Gasteiger partial charge in [0.25, 0.3) is 0 Å². The summed E-state index contributed by atoms with van der Waals surface area (Å²) in [5.74, 6) is 0. The van der Waals surface area contributed by atoms with Crippen molar-refractivity contribution in [2.24, 2.45) is 0 Å². The van der Waals surface area contributed by atoms with Crippen molar-refractivity contribution in [2.75, 3.05) is 0 Å². The third kappa shape index (κ3) is 2.35. The first-order chi connectivity index (χ1) is 8.63. The van der Waals surface area contributed by atoms with Crippen molar-refractivity contribution in [2.45, 2.75) is 27.2 Å². The number of hydrogen-bond donors (Lipinski definition) is 0. The van der Waals surface area contributed by atoms with Crippen LogP contribution in [0.1, 0.15) is 30.5 Å². The maximum atomic E-state index is 4.24. The average Bonchev–Trinajstić information content (AvgIpc) is 2.39. The van der Waals surface area contributed by atoms with E-state index >= 15 is 0 Å². The lowest BCUT2D eigenvalue weighted by atomic mass is 9.94. The van der Waals surface area contributed by atoms with Gasteiger partial charge in [0.2, 0.25) is 0 Å². The minimum atomic E-state index is 1.02. The molecule has 0 aliphatic carbocycles. The van der Waals surface area contributed by atoms with Crippen LogP contribution in [0.25, 0.3) is 16.7 Å². The summed E-state index contributed by atoms with van der Waals surface area (Å²) in [6, 6.07) is 8.63. The quantitative estimate of drug-likeness (QED) is 0.757. The van der Waals surface area contributed by atoms with Crippen LogP contribution in [0.4, 0.5) is 0 Å². The Morgan fingerprint density at radius 1 is 1.28 bits per heavy atom. The lowest BCUT2D eigenvalue weighted by Crippen LogP contribution is -1.91. The Morgan fingerprint density at radius 2 is 2.06 bits per heavy atom. The zero-order valence-corrected chi connectivity index (χ0v) is 11.3. The second kappa shape index (κ2) is 5.18. The second-order valence-electron chi connectivity index (χ2n) is 4.70. The number of nitrogens with zero attached hydrogens (tertiary/aromatic N) is 1.